The predicted octanol–water partition coefficient (Wildman–Crippen LogP) is 4.05. The van der Waals surface area contributed by atoms with Crippen LogP contribution >= 0.6 is 0 Å². The van der Waals surface area contributed by atoms with Gasteiger partial charge >= 0.3 is 0 Å². The number of methoxy groups -OCH3 is 1. The highest BCUT2D eigenvalue weighted by Crippen LogP contribution is 2.27. The average Bonchev–Trinajstić information content (AvgIpc) is 3.52. The van der Waals surface area contributed by atoms with Crippen LogP contribution in [0.3, 0.4) is 0 Å². The Kier molecular flexibility index (Phi) is 7.76. The van der Waals surface area contributed by atoms with E-state index in [1.807, 2.05) is 37.3 Å². The van der Waals surface area contributed by atoms with Crippen LogP contribution in [0.5, 0.6) is 5.75 Å². The molecule has 8 nitrogen and oxygen atoms in total. The molecule has 1 aromatic heterocycles. The highest BCUT2D eigenvalue weighted by atomic mass is 32.2. The van der Waals surface area contributed by atoms with Crippen LogP contribution in [0.2, 0.25) is 0 Å². The summed E-state index contributed by atoms with van der Waals surface area (Å²) in [5, 5.41) is 3.05. The number of amides is 1. The van der Waals surface area contributed by atoms with Gasteiger partial charge in [0.05, 0.1) is 29.1 Å². The molecule has 0 bridgehead atoms. The van der Waals surface area contributed by atoms with E-state index in [9.17, 15) is 13.2 Å². The lowest BCUT2D eigenvalue weighted by atomic mass is 10.1. The standard InChI is InChI=1S/C26H34N4O4S/c1-4-15-30-23-12-11-20(35(32,33)29-16-7-8-17-29)18-22(23)28-25(30)13-14-26(31)27-19(2)21-9-5-6-10-24(21)34-3/h5-6,9-12,18-19H,4,7-8,13-17H2,1-3H3,(H,27,31)/t19-/m1/s1. The Morgan fingerprint density at radius 1 is 1.17 bits per heavy atom. The molecule has 0 spiro atoms. The van der Waals surface area contributed by atoms with Crippen LogP contribution < -0.4 is 10.1 Å². The lowest BCUT2D eigenvalue weighted by molar-refractivity contribution is -0.121. The molecule has 0 unspecified atom stereocenters. The Balaban J connectivity index is 1.51. The molecule has 2 heterocycles. The zero-order chi connectivity index (χ0) is 25.0. The number of nitrogens with zero attached hydrogens (tertiary/aromatic N) is 3. The first-order chi connectivity index (χ1) is 16.8. The fourth-order valence-corrected chi connectivity index (χ4v) is 6.24. The van der Waals surface area contributed by atoms with E-state index in [-0.39, 0.29) is 23.3 Å². The number of fused-ring (bicyclic) bond motifs is 1. The Labute approximate surface area is 207 Å². The molecule has 1 saturated heterocycles. The summed E-state index contributed by atoms with van der Waals surface area (Å²) < 4.78 is 35.1. The first kappa shape index (κ1) is 25.2. The molecule has 0 aliphatic carbocycles. The first-order valence-corrected chi connectivity index (χ1v) is 13.7. The third-order valence-corrected chi connectivity index (χ3v) is 8.40. The fraction of sp³-hybridized carbons (Fsp3) is 0.462. The fourth-order valence-electron chi connectivity index (χ4n) is 4.70. The highest BCUT2D eigenvalue weighted by molar-refractivity contribution is 7.89. The summed E-state index contributed by atoms with van der Waals surface area (Å²) in [5.74, 6) is 1.46. The van der Waals surface area contributed by atoms with Gasteiger partial charge < -0.3 is 14.6 Å². The van der Waals surface area contributed by atoms with E-state index in [0.717, 1.165) is 48.5 Å². The van der Waals surface area contributed by atoms with E-state index in [4.69, 9.17) is 9.72 Å². The number of aromatic nitrogens is 2. The van der Waals surface area contributed by atoms with Gasteiger partial charge in [0.25, 0.3) is 0 Å². The number of carbonyl (C=O) groups excluding carboxylic acids is 1. The maximum Gasteiger partial charge on any atom is 0.243 e. The Bertz CT molecular complexity index is 1300. The molecule has 1 aliphatic heterocycles. The number of para-hydroxylation sites is 1. The van der Waals surface area contributed by atoms with E-state index >= 15 is 0 Å². The zero-order valence-corrected chi connectivity index (χ0v) is 21.5. The molecule has 1 atom stereocenters. The molecule has 35 heavy (non-hydrogen) atoms. The number of nitrogens with one attached hydrogen (secondary N) is 1. The van der Waals surface area contributed by atoms with Gasteiger partial charge in [0.1, 0.15) is 11.6 Å². The van der Waals surface area contributed by atoms with Crippen LogP contribution in [0.4, 0.5) is 0 Å². The summed E-state index contributed by atoms with van der Waals surface area (Å²) in [5.41, 5.74) is 2.47. The number of ether oxygens (including phenoxy) is 1. The third-order valence-electron chi connectivity index (χ3n) is 6.51. The van der Waals surface area contributed by atoms with Crippen molar-refractivity contribution in [3.05, 3.63) is 53.9 Å². The number of imidazole rings is 1. The smallest absolute Gasteiger partial charge is 0.243 e. The van der Waals surface area contributed by atoms with Crippen molar-refractivity contribution in [2.45, 2.75) is 63.4 Å². The van der Waals surface area contributed by atoms with Crippen molar-refractivity contribution in [1.82, 2.24) is 19.2 Å². The van der Waals surface area contributed by atoms with Gasteiger partial charge in [-0.2, -0.15) is 4.31 Å². The van der Waals surface area contributed by atoms with Crippen LogP contribution in [-0.2, 0) is 27.8 Å². The molecular formula is C26H34N4O4S. The Hall–Kier alpha value is -2.91. The van der Waals surface area contributed by atoms with E-state index in [1.54, 1.807) is 23.5 Å². The van der Waals surface area contributed by atoms with E-state index in [1.165, 1.54) is 0 Å². The molecule has 0 radical (unpaired) electrons. The summed E-state index contributed by atoms with van der Waals surface area (Å²) >= 11 is 0. The number of sulfonamides is 1. The van der Waals surface area contributed by atoms with Crippen molar-refractivity contribution in [1.29, 1.82) is 0 Å². The van der Waals surface area contributed by atoms with Crippen LogP contribution in [0.15, 0.2) is 47.4 Å². The lowest BCUT2D eigenvalue weighted by Crippen LogP contribution is -2.27. The SMILES string of the molecule is CCCn1c(CCC(=O)N[C@H](C)c2ccccc2OC)nc2cc(S(=O)(=O)N3CCCC3)ccc21. The van der Waals surface area contributed by atoms with Crippen molar-refractivity contribution in [3.63, 3.8) is 0 Å². The maximum absolute atomic E-state index is 13.0. The number of benzene rings is 2. The van der Waals surface area contributed by atoms with Gasteiger partial charge in [0.15, 0.2) is 0 Å². The van der Waals surface area contributed by atoms with Gasteiger partial charge in [-0.3, -0.25) is 4.79 Å². The number of aryl methyl sites for hydroxylation is 2. The van der Waals surface area contributed by atoms with E-state index < -0.39 is 10.0 Å². The van der Waals surface area contributed by atoms with E-state index in [2.05, 4.69) is 16.8 Å². The van der Waals surface area contributed by atoms with Gasteiger partial charge in [-0.15, -0.1) is 0 Å². The van der Waals surface area contributed by atoms with Gasteiger partial charge in [0, 0.05) is 38.0 Å². The van der Waals surface area contributed by atoms with Crippen molar-refractivity contribution < 1.29 is 17.9 Å². The minimum atomic E-state index is -3.51. The summed E-state index contributed by atoms with van der Waals surface area (Å²) in [4.78, 5) is 17.8. The van der Waals surface area contributed by atoms with Crippen LogP contribution in [0.25, 0.3) is 11.0 Å². The van der Waals surface area contributed by atoms with Gasteiger partial charge in [-0.05, 0) is 50.5 Å². The quantitative estimate of drug-likeness (QED) is 0.455. The molecule has 188 valence electrons. The number of carbonyl (C=O) groups is 1. The van der Waals surface area contributed by atoms with Crippen LogP contribution in [-0.4, -0.2) is 48.4 Å². The number of hydrogen-bond donors (Lipinski definition) is 1. The average molecular weight is 499 g/mol. The predicted molar refractivity (Wildman–Crippen MR) is 136 cm³/mol. The summed E-state index contributed by atoms with van der Waals surface area (Å²) in [6, 6.07) is 12.6. The zero-order valence-electron chi connectivity index (χ0n) is 20.7. The molecule has 1 amide bonds. The molecule has 1 fully saturated rings. The minimum absolute atomic E-state index is 0.0733. The monoisotopic (exact) mass is 498 g/mol. The second kappa shape index (κ2) is 10.8. The Morgan fingerprint density at radius 2 is 1.91 bits per heavy atom. The molecule has 9 heteroatoms. The molecular weight excluding hydrogens is 464 g/mol. The van der Waals surface area contributed by atoms with Gasteiger partial charge in [0.2, 0.25) is 15.9 Å². The maximum atomic E-state index is 13.0. The molecule has 4 rings (SSSR count). The van der Waals surface area contributed by atoms with Gasteiger partial charge in [-0.25, -0.2) is 13.4 Å². The highest BCUT2D eigenvalue weighted by Gasteiger charge is 2.28. The van der Waals surface area contributed by atoms with Gasteiger partial charge in [-0.1, -0.05) is 25.1 Å². The van der Waals surface area contributed by atoms with Crippen molar-refractivity contribution in [2.24, 2.45) is 0 Å². The molecule has 1 N–H and O–H groups in total. The minimum Gasteiger partial charge on any atom is -0.496 e. The second-order valence-corrected chi connectivity index (χ2v) is 10.9. The summed E-state index contributed by atoms with van der Waals surface area (Å²) in [7, 11) is -1.89. The first-order valence-electron chi connectivity index (χ1n) is 12.3. The number of rotatable bonds is 10. The van der Waals surface area contributed by atoms with Crippen LogP contribution in [0.1, 0.15) is 57.0 Å². The van der Waals surface area contributed by atoms with Crippen molar-refractivity contribution in [3.8, 4) is 5.75 Å². The summed E-state index contributed by atoms with van der Waals surface area (Å²) in [6.45, 7) is 5.91. The van der Waals surface area contributed by atoms with Crippen molar-refractivity contribution in [2.75, 3.05) is 20.2 Å². The normalized spacial score (nSPS) is 15.4. The summed E-state index contributed by atoms with van der Waals surface area (Å²) in [6.07, 6.45) is 3.45. The molecule has 2 aromatic carbocycles. The topological polar surface area (TPSA) is 93.5 Å². The lowest BCUT2D eigenvalue weighted by Gasteiger charge is -2.17. The van der Waals surface area contributed by atoms with E-state index in [0.29, 0.717) is 25.0 Å². The molecule has 3 aromatic rings. The Morgan fingerprint density at radius 3 is 2.63 bits per heavy atom. The molecule has 1 aliphatic rings. The molecule has 0 saturated carbocycles. The largest absolute Gasteiger partial charge is 0.496 e. The van der Waals surface area contributed by atoms with Crippen molar-refractivity contribution >= 4 is 27.0 Å². The van der Waals surface area contributed by atoms with Crippen LogP contribution in [0, 0.1) is 0 Å². The third kappa shape index (κ3) is 5.36. The number of hydrogen-bond acceptors (Lipinski definition) is 5. The second-order valence-electron chi connectivity index (χ2n) is 8.97.